The summed E-state index contributed by atoms with van der Waals surface area (Å²) in [6.07, 6.45) is 0. The quantitative estimate of drug-likeness (QED) is 0.121. The molecule has 4 heterocycles. The van der Waals surface area contributed by atoms with Gasteiger partial charge in [-0.2, -0.15) is 0 Å². The van der Waals surface area contributed by atoms with Gasteiger partial charge in [0, 0.05) is 92.3 Å². The van der Waals surface area contributed by atoms with Gasteiger partial charge in [-0.05, 0) is 109 Å². The Balaban J connectivity index is 1.18. The van der Waals surface area contributed by atoms with E-state index in [1.807, 2.05) is 36.4 Å². The molecular weight excluding hydrogens is 877 g/mol. The summed E-state index contributed by atoms with van der Waals surface area (Å²) in [6.45, 7) is 4.03. The van der Waals surface area contributed by atoms with E-state index in [0.717, 1.165) is 16.7 Å². The Morgan fingerprint density at radius 1 is 0.406 bits per heavy atom. The van der Waals surface area contributed by atoms with Crippen LogP contribution in [0.3, 0.4) is 0 Å². The molecule has 0 aliphatic carbocycles. The molecule has 3 N–H and O–H groups in total. The Morgan fingerprint density at radius 2 is 0.638 bits per heavy atom. The molecule has 0 bridgehead atoms. The van der Waals surface area contributed by atoms with Crippen LogP contribution in [0.4, 0.5) is 0 Å². The van der Waals surface area contributed by atoms with Gasteiger partial charge in [0.05, 0.1) is 38.4 Å². The van der Waals surface area contributed by atoms with Gasteiger partial charge in [0.15, 0.2) is 0 Å². The number of aromatic carboxylic acids is 3. The Bertz CT molecular complexity index is 2680. The summed E-state index contributed by atoms with van der Waals surface area (Å²) in [4.78, 5) is 56.9. The van der Waals surface area contributed by atoms with Crippen molar-refractivity contribution in [2.24, 2.45) is 0 Å². The summed E-state index contributed by atoms with van der Waals surface area (Å²) in [5.41, 5.74) is 4.79. The molecule has 15 nitrogen and oxygen atoms in total. The molecule has 15 heteroatoms. The summed E-state index contributed by atoms with van der Waals surface area (Å²) >= 11 is 0. The summed E-state index contributed by atoms with van der Waals surface area (Å²) in [7, 11) is 4.75. The molecule has 1 aliphatic heterocycles. The normalized spacial score (nSPS) is 13.1. The van der Waals surface area contributed by atoms with E-state index >= 15 is 0 Å². The van der Waals surface area contributed by atoms with Crippen molar-refractivity contribution < 1.29 is 43.9 Å². The van der Waals surface area contributed by atoms with Crippen LogP contribution in [0, 0.1) is 35.5 Å². The molecule has 1 fully saturated rings. The van der Waals surface area contributed by atoms with Gasteiger partial charge < -0.3 is 29.5 Å². The zero-order valence-corrected chi connectivity index (χ0v) is 38.2. The SMILES string of the molecule is COc1ccc(C#Cc2cc(CN3CCN(Cc4cc(C#Cc5ccc(OC)cc5)cc(C(=O)O)n4)CCN(Cc4cc(C#Cc5ccc(OC)cc5)cc(C(=O)O)n4)CC3)nc(C(=O)O)c2)cc1. The molecule has 6 aromatic rings. The molecule has 7 rings (SSSR count). The van der Waals surface area contributed by atoms with E-state index in [2.05, 4.69) is 65.2 Å². The summed E-state index contributed by atoms with van der Waals surface area (Å²) in [5, 5.41) is 30.2. The number of aromatic nitrogens is 3. The van der Waals surface area contributed by atoms with Crippen molar-refractivity contribution >= 4 is 17.9 Å². The lowest BCUT2D eigenvalue weighted by Crippen LogP contribution is -2.36. The Kier molecular flexibility index (Phi) is 16.3. The predicted molar refractivity (Wildman–Crippen MR) is 256 cm³/mol. The van der Waals surface area contributed by atoms with E-state index < -0.39 is 17.9 Å². The van der Waals surface area contributed by atoms with Gasteiger partial charge in [-0.15, -0.1) is 0 Å². The van der Waals surface area contributed by atoms with Crippen LogP contribution in [0.1, 0.15) is 81.9 Å². The number of nitrogens with zero attached hydrogens (tertiary/aromatic N) is 6. The molecule has 0 radical (unpaired) electrons. The largest absolute Gasteiger partial charge is 0.497 e. The first kappa shape index (κ1) is 48.4. The highest BCUT2D eigenvalue weighted by atomic mass is 16.5. The van der Waals surface area contributed by atoms with Gasteiger partial charge in [0.2, 0.25) is 0 Å². The summed E-state index contributed by atoms with van der Waals surface area (Å²) in [5.74, 6) is 17.1. The minimum atomic E-state index is -1.18. The molecule has 3 aromatic carbocycles. The maximum absolute atomic E-state index is 12.3. The van der Waals surface area contributed by atoms with Crippen molar-refractivity contribution in [2.75, 3.05) is 60.6 Å². The Labute approximate surface area is 400 Å². The minimum absolute atomic E-state index is 0.135. The van der Waals surface area contributed by atoms with Gasteiger partial charge in [0.25, 0.3) is 0 Å². The third-order valence-electron chi connectivity index (χ3n) is 11.0. The van der Waals surface area contributed by atoms with Crippen molar-refractivity contribution in [1.82, 2.24) is 29.7 Å². The maximum Gasteiger partial charge on any atom is 0.354 e. The van der Waals surface area contributed by atoms with Crippen LogP contribution in [0.15, 0.2) is 109 Å². The molecule has 348 valence electrons. The number of carbonyl (C=O) groups is 3. The molecule has 0 spiro atoms. The van der Waals surface area contributed by atoms with Crippen LogP contribution in [0.2, 0.25) is 0 Å². The average Bonchev–Trinajstić information content (AvgIpc) is 3.45. The van der Waals surface area contributed by atoms with Crippen molar-refractivity contribution in [3.63, 3.8) is 0 Å². The number of carboxylic acids is 3. The predicted octanol–water partition coefficient (Wildman–Crippen LogP) is 6.01. The highest BCUT2D eigenvalue weighted by Crippen LogP contribution is 2.18. The lowest BCUT2D eigenvalue weighted by atomic mass is 10.1. The molecule has 0 atom stereocenters. The van der Waals surface area contributed by atoms with Crippen molar-refractivity contribution in [1.29, 1.82) is 0 Å². The number of hydrogen-bond acceptors (Lipinski definition) is 12. The number of carboxylic acid groups (broad SMARTS) is 3. The highest BCUT2D eigenvalue weighted by Gasteiger charge is 2.21. The third kappa shape index (κ3) is 14.2. The fraction of sp³-hybridized carbons (Fsp3) is 0.222. The molecule has 1 saturated heterocycles. The standard InChI is InChI=1S/C54H48N6O9/c1-67-46-16-10-37(11-17-46)4-7-40-28-43(55-49(31-40)52(61)62)34-58-22-24-59(35-44-29-41(32-50(56-44)53(63)64)8-5-38-12-18-47(68-2)19-13-38)26-27-60(25-23-58)36-45-30-42(33-51(57-45)54(65)66)9-6-39-14-20-48(69-3)21-15-39/h10-21,28-33H,22-27,34-36H2,1-3H3,(H,61,62)(H,63,64)(H,65,66). The summed E-state index contributed by atoms with van der Waals surface area (Å²) in [6, 6.07) is 31.4. The lowest BCUT2D eigenvalue weighted by molar-refractivity contribution is 0.0679. The van der Waals surface area contributed by atoms with E-state index in [1.165, 1.54) is 18.2 Å². The maximum atomic E-state index is 12.3. The first-order chi connectivity index (χ1) is 33.4. The molecule has 3 aromatic heterocycles. The van der Waals surface area contributed by atoms with Gasteiger partial charge in [0.1, 0.15) is 34.3 Å². The molecule has 0 amide bonds. The van der Waals surface area contributed by atoms with E-state index in [0.29, 0.717) is 90.3 Å². The van der Waals surface area contributed by atoms with Gasteiger partial charge in [-0.3, -0.25) is 14.7 Å². The van der Waals surface area contributed by atoms with Crippen molar-refractivity contribution in [3.05, 3.63) is 177 Å². The number of benzene rings is 3. The van der Waals surface area contributed by atoms with Crippen LogP contribution in [0.25, 0.3) is 0 Å². The van der Waals surface area contributed by atoms with E-state index in [-0.39, 0.29) is 36.7 Å². The van der Waals surface area contributed by atoms with Crippen molar-refractivity contribution in [3.8, 4) is 52.8 Å². The molecular formula is C54H48N6O9. The third-order valence-corrected chi connectivity index (χ3v) is 11.0. The molecule has 0 unspecified atom stereocenters. The van der Waals surface area contributed by atoms with Crippen LogP contribution < -0.4 is 14.2 Å². The Hall–Kier alpha value is -8.52. The fourth-order valence-corrected chi connectivity index (χ4v) is 7.35. The fourth-order valence-electron chi connectivity index (χ4n) is 7.35. The zero-order chi connectivity index (χ0) is 48.7. The minimum Gasteiger partial charge on any atom is -0.497 e. The topological polar surface area (TPSA) is 188 Å². The van der Waals surface area contributed by atoms with Crippen LogP contribution in [-0.4, -0.2) is 123 Å². The average molecular weight is 925 g/mol. The van der Waals surface area contributed by atoms with Gasteiger partial charge in [-0.1, -0.05) is 35.5 Å². The second-order valence-corrected chi connectivity index (χ2v) is 15.9. The monoisotopic (exact) mass is 924 g/mol. The van der Waals surface area contributed by atoms with Crippen LogP contribution >= 0.6 is 0 Å². The molecule has 1 aliphatic rings. The zero-order valence-electron chi connectivity index (χ0n) is 38.2. The number of rotatable bonds is 12. The second-order valence-electron chi connectivity index (χ2n) is 15.9. The van der Waals surface area contributed by atoms with Gasteiger partial charge >= 0.3 is 17.9 Å². The number of hydrogen-bond donors (Lipinski definition) is 3. The lowest BCUT2D eigenvalue weighted by Gasteiger charge is -2.25. The number of pyridine rings is 3. The van der Waals surface area contributed by atoms with Crippen molar-refractivity contribution in [2.45, 2.75) is 19.6 Å². The number of ether oxygens (including phenoxy) is 3. The van der Waals surface area contributed by atoms with Gasteiger partial charge in [-0.25, -0.2) is 29.3 Å². The second kappa shape index (κ2) is 23.3. The molecule has 69 heavy (non-hydrogen) atoms. The molecule has 0 saturated carbocycles. The highest BCUT2D eigenvalue weighted by molar-refractivity contribution is 5.87. The van der Waals surface area contributed by atoms with E-state index in [4.69, 9.17) is 14.2 Å². The van der Waals surface area contributed by atoms with Crippen LogP contribution in [0.5, 0.6) is 17.2 Å². The first-order valence-corrected chi connectivity index (χ1v) is 21.8. The van der Waals surface area contributed by atoms with E-state index in [1.54, 1.807) is 75.9 Å². The number of methoxy groups -OCH3 is 3. The Morgan fingerprint density at radius 3 is 0.855 bits per heavy atom. The smallest absolute Gasteiger partial charge is 0.354 e. The van der Waals surface area contributed by atoms with Crippen LogP contribution in [-0.2, 0) is 19.6 Å². The first-order valence-electron chi connectivity index (χ1n) is 21.8. The summed E-state index contributed by atoms with van der Waals surface area (Å²) < 4.78 is 15.8. The van der Waals surface area contributed by atoms with E-state index in [9.17, 15) is 29.7 Å².